The van der Waals surface area contributed by atoms with Crippen molar-refractivity contribution in [2.24, 2.45) is 0 Å². The quantitative estimate of drug-likeness (QED) is 0.670. The molecule has 0 atom stereocenters. The average Bonchev–Trinajstić information content (AvgIpc) is 2.85. The Morgan fingerprint density at radius 3 is 2.84 bits per heavy atom. The maximum atomic E-state index is 8.99. The number of nitriles is 1. The standard InChI is InChI=1S/C17H13N2/c1-2-19-16-9-8-13(12-18)10-15(16)11-17(19)14-6-4-3-5-7-14/h3-4,6-11H,2H2,1H3. The van der Waals surface area contributed by atoms with E-state index in [1.54, 1.807) is 0 Å². The van der Waals surface area contributed by atoms with Crippen LogP contribution in [0.5, 0.6) is 0 Å². The van der Waals surface area contributed by atoms with Crippen LogP contribution in [0.2, 0.25) is 0 Å². The minimum Gasteiger partial charge on any atom is -0.341 e. The van der Waals surface area contributed by atoms with E-state index in [0.717, 1.165) is 17.5 Å². The second kappa shape index (κ2) is 4.62. The van der Waals surface area contributed by atoms with Gasteiger partial charge in [-0.15, -0.1) is 0 Å². The van der Waals surface area contributed by atoms with E-state index in [1.807, 2.05) is 36.4 Å². The molecule has 91 valence electrons. The lowest BCUT2D eigenvalue weighted by molar-refractivity contribution is 0.805. The van der Waals surface area contributed by atoms with Gasteiger partial charge in [-0.05, 0) is 48.9 Å². The Labute approximate surface area is 112 Å². The molecule has 0 N–H and O–H groups in total. The Balaban J connectivity index is 2.28. The molecular formula is C17H13N2. The molecule has 0 aliphatic heterocycles. The highest BCUT2D eigenvalue weighted by molar-refractivity contribution is 5.88. The zero-order valence-electron chi connectivity index (χ0n) is 10.7. The molecule has 3 rings (SSSR count). The lowest BCUT2D eigenvalue weighted by atomic mass is 10.1. The molecule has 2 aromatic carbocycles. The van der Waals surface area contributed by atoms with Crippen LogP contribution < -0.4 is 0 Å². The highest BCUT2D eigenvalue weighted by Crippen LogP contribution is 2.28. The first-order valence-corrected chi connectivity index (χ1v) is 6.33. The van der Waals surface area contributed by atoms with Gasteiger partial charge in [0.15, 0.2) is 0 Å². The number of fused-ring (bicyclic) bond motifs is 1. The molecule has 1 aromatic heterocycles. The predicted octanol–water partition coefficient (Wildman–Crippen LogP) is 4.00. The van der Waals surface area contributed by atoms with Gasteiger partial charge in [0.05, 0.1) is 11.6 Å². The maximum Gasteiger partial charge on any atom is 0.0991 e. The number of benzene rings is 2. The number of nitrogens with zero attached hydrogens (tertiary/aromatic N) is 2. The van der Waals surface area contributed by atoms with Crippen molar-refractivity contribution in [3.63, 3.8) is 0 Å². The van der Waals surface area contributed by atoms with Gasteiger partial charge in [0.25, 0.3) is 0 Å². The largest absolute Gasteiger partial charge is 0.341 e. The van der Waals surface area contributed by atoms with Crippen LogP contribution in [0, 0.1) is 17.4 Å². The Morgan fingerprint density at radius 1 is 1.26 bits per heavy atom. The van der Waals surface area contributed by atoms with Crippen molar-refractivity contribution in [1.29, 1.82) is 5.26 Å². The number of aromatic nitrogens is 1. The van der Waals surface area contributed by atoms with Crippen molar-refractivity contribution in [2.75, 3.05) is 0 Å². The maximum absolute atomic E-state index is 8.99. The van der Waals surface area contributed by atoms with Crippen LogP contribution in [-0.2, 0) is 6.54 Å². The topological polar surface area (TPSA) is 28.7 Å². The average molecular weight is 245 g/mol. The summed E-state index contributed by atoms with van der Waals surface area (Å²) >= 11 is 0. The van der Waals surface area contributed by atoms with Crippen molar-refractivity contribution in [3.05, 3.63) is 60.2 Å². The SMILES string of the molecule is CCn1c(-c2c[c]ccc2)cc2cc(C#N)ccc21. The molecule has 1 heterocycles. The smallest absolute Gasteiger partial charge is 0.0991 e. The lowest BCUT2D eigenvalue weighted by Gasteiger charge is -2.07. The third-order valence-electron chi connectivity index (χ3n) is 3.35. The van der Waals surface area contributed by atoms with Crippen LogP contribution in [0.15, 0.2) is 48.5 Å². The molecule has 0 saturated heterocycles. The van der Waals surface area contributed by atoms with Crippen LogP contribution in [-0.4, -0.2) is 4.57 Å². The summed E-state index contributed by atoms with van der Waals surface area (Å²) < 4.78 is 2.26. The lowest BCUT2D eigenvalue weighted by Crippen LogP contribution is -1.96. The molecule has 0 saturated carbocycles. The molecule has 0 amide bonds. The van der Waals surface area contributed by atoms with Gasteiger partial charge in [0.1, 0.15) is 0 Å². The first kappa shape index (κ1) is 11.6. The zero-order valence-corrected chi connectivity index (χ0v) is 10.7. The molecule has 19 heavy (non-hydrogen) atoms. The Morgan fingerprint density at radius 2 is 2.16 bits per heavy atom. The molecule has 3 aromatic rings. The number of hydrogen-bond acceptors (Lipinski definition) is 1. The van der Waals surface area contributed by atoms with E-state index < -0.39 is 0 Å². The van der Waals surface area contributed by atoms with E-state index in [9.17, 15) is 0 Å². The summed E-state index contributed by atoms with van der Waals surface area (Å²) in [4.78, 5) is 0. The third-order valence-corrected chi connectivity index (χ3v) is 3.35. The van der Waals surface area contributed by atoms with Gasteiger partial charge >= 0.3 is 0 Å². The fraction of sp³-hybridized carbons (Fsp3) is 0.118. The van der Waals surface area contributed by atoms with Gasteiger partial charge in [-0.2, -0.15) is 5.26 Å². The third kappa shape index (κ3) is 1.90. The Bertz CT molecular complexity index is 761. The van der Waals surface area contributed by atoms with Gasteiger partial charge in [-0.25, -0.2) is 0 Å². The van der Waals surface area contributed by atoms with E-state index in [2.05, 4.69) is 35.8 Å². The van der Waals surface area contributed by atoms with Crippen LogP contribution in [0.3, 0.4) is 0 Å². The van der Waals surface area contributed by atoms with Crippen molar-refractivity contribution in [1.82, 2.24) is 4.57 Å². The van der Waals surface area contributed by atoms with Gasteiger partial charge in [0, 0.05) is 23.1 Å². The molecule has 0 fully saturated rings. The van der Waals surface area contributed by atoms with E-state index in [4.69, 9.17) is 5.26 Å². The molecule has 2 nitrogen and oxygen atoms in total. The fourth-order valence-electron chi connectivity index (χ4n) is 2.47. The highest BCUT2D eigenvalue weighted by Gasteiger charge is 2.09. The first-order valence-electron chi connectivity index (χ1n) is 6.33. The summed E-state index contributed by atoms with van der Waals surface area (Å²) in [7, 11) is 0. The van der Waals surface area contributed by atoms with Crippen LogP contribution in [0.1, 0.15) is 12.5 Å². The molecule has 2 heteroatoms. The summed E-state index contributed by atoms with van der Waals surface area (Å²) in [6.07, 6.45) is 0. The monoisotopic (exact) mass is 245 g/mol. The summed E-state index contributed by atoms with van der Waals surface area (Å²) in [6.45, 7) is 3.04. The number of rotatable bonds is 2. The molecule has 0 aliphatic rings. The van der Waals surface area contributed by atoms with Crippen molar-refractivity contribution < 1.29 is 0 Å². The van der Waals surface area contributed by atoms with Gasteiger partial charge in [-0.3, -0.25) is 0 Å². The second-order valence-electron chi connectivity index (χ2n) is 4.45. The van der Waals surface area contributed by atoms with Gasteiger partial charge < -0.3 is 4.57 Å². The molecule has 0 aliphatic carbocycles. The fourth-order valence-corrected chi connectivity index (χ4v) is 2.47. The predicted molar refractivity (Wildman–Crippen MR) is 76.6 cm³/mol. The molecule has 0 bridgehead atoms. The van der Waals surface area contributed by atoms with Crippen molar-refractivity contribution >= 4 is 10.9 Å². The van der Waals surface area contributed by atoms with Crippen molar-refractivity contribution in [2.45, 2.75) is 13.5 Å². The van der Waals surface area contributed by atoms with Gasteiger partial charge in [-0.1, -0.05) is 18.2 Å². The van der Waals surface area contributed by atoms with Crippen LogP contribution in [0.25, 0.3) is 22.2 Å². The molecule has 0 unspecified atom stereocenters. The van der Waals surface area contributed by atoms with Crippen LogP contribution >= 0.6 is 0 Å². The normalized spacial score (nSPS) is 10.5. The highest BCUT2D eigenvalue weighted by atomic mass is 15.0. The van der Waals surface area contributed by atoms with Crippen molar-refractivity contribution in [3.8, 4) is 17.3 Å². The first-order chi connectivity index (χ1) is 9.33. The minimum absolute atomic E-state index is 0.701. The molecular weight excluding hydrogens is 232 g/mol. The van der Waals surface area contributed by atoms with Gasteiger partial charge in [0.2, 0.25) is 0 Å². The van der Waals surface area contributed by atoms with E-state index in [-0.39, 0.29) is 0 Å². The zero-order chi connectivity index (χ0) is 13.2. The summed E-state index contributed by atoms with van der Waals surface area (Å²) in [6, 6.07) is 21.2. The summed E-state index contributed by atoms with van der Waals surface area (Å²) in [5.41, 5.74) is 4.19. The van der Waals surface area contributed by atoms with E-state index in [0.29, 0.717) is 5.56 Å². The minimum atomic E-state index is 0.701. The number of aryl methyl sites for hydroxylation is 1. The second-order valence-corrected chi connectivity index (χ2v) is 4.45. The van der Waals surface area contributed by atoms with E-state index in [1.165, 1.54) is 11.2 Å². The summed E-state index contributed by atoms with van der Waals surface area (Å²) in [5, 5.41) is 10.1. The Kier molecular flexibility index (Phi) is 2.81. The number of hydrogen-bond donors (Lipinski definition) is 0. The van der Waals surface area contributed by atoms with E-state index >= 15 is 0 Å². The summed E-state index contributed by atoms with van der Waals surface area (Å²) in [5.74, 6) is 0. The Hall–Kier alpha value is -2.53. The van der Waals surface area contributed by atoms with Crippen LogP contribution in [0.4, 0.5) is 0 Å². The molecule has 0 spiro atoms. The molecule has 1 radical (unpaired) electrons.